The summed E-state index contributed by atoms with van der Waals surface area (Å²) in [7, 11) is 0. The number of nitrogens with zero attached hydrogens (tertiary/aromatic N) is 5. The van der Waals surface area contributed by atoms with Gasteiger partial charge in [0.2, 0.25) is 0 Å². The molecule has 6 nitrogen and oxygen atoms in total. The number of aromatic nitrogens is 3. The fraction of sp³-hybridized carbons (Fsp3) is 0.243. The van der Waals surface area contributed by atoms with Gasteiger partial charge in [-0.05, 0) is 122 Å². The van der Waals surface area contributed by atoms with Crippen molar-refractivity contribution in [2.45, 2.75) is 105 Å². The Hall–Kier alpha value is -8.09. The Morgan fingerprint density at radius 1 is 0.421 bits per heavy atom. The fourth-order valence-electron chi connectivity index (χ4n) is 10.7. The predicted octanol–water partition coefficient (Wildman–Crippen LogP) is 19.2. The summed E-state index contributed by atoms with van der Waals surface area (Å²) >= 11 is 0. The van der Waals surface area contributed by atoms with Gasteiger partial charge in [0.15, 0.2) is 0 Å². The van der Waals surface area contributed by atoms with E-state index in [1.54, 1.807) is 10.8 Å². The molecule has 0 radical (unpaired) electrons. The first kappa shape index (κ1) is 40.3. The largest absolute Gasteiger partial charge is 0.457 e. The van der Waals surface area contributed by atoms with Gasteiger partial charge >= 0.3 is 0 Å². The van der Waals surface area contributed by atoms with E-state index in [9.17, 15) is 5.48 Å². The van der Waals surface area contributed by atoms with Crippen molar-refractivity contribution in [3.63, 3.8) is 0 Å². The van der Waals surface area contributed by atoms with Crippen LogP contribution in [0, 0.1) is 0 Å². The maximum Gasteiger partial charge on any atom is 0.137 e. The summed E-state index contributed by atoms with van der Waals surface area (Å²) in [4.78, 5) is 9.70. The monoisotopic (exact) mass is 1000 g/mol. The molecule has 0 bridgehead atoms. The van der Waals surface area contributed by atoms with E-state index in [1.165, 1.54) is 16.7 Å². The number of para-hydroxylation sites is 3. The van der Waals surface area contributed by atoms with E-state index in [0.29, 0.717) is 40.6 Å². The third-order valence-electron chi connectivity index (χ3n) is 15.1. The molecule has 4 heterocycles. The zero-order valence-electron chi connectivity index (χ0n) is 53.6. The van der Waals surface area contributed by atoms with Gasteiger partial charge in [-0.2, -0.15) is 0 Å². The van der Waals surface area contributed by atoms with Gasteiger partial charge in [0.1, 0.15) is 24.0 Å². The first-order valence-corrected chi connectivity index (χ1v) is 26.3. The minimum absolute atomic E-state index is 0.0104. The topological polar surface area (TPSA) is 38.5 Å². The fourth-order valence-corrected chi connectivity index (χ4v) is 10.7. The SMILES string of the molecule is [2H]c1c([2H])c([2H])c2c(c1[2H])c1c([2H])c([2H])c([2H])c([2H])c1n2-c1cc(Oc2cccc(N3CN(c4cc(C(C)(C)C)cc(C(C)(C)C)c4)c4cc(-c5ccc(C(C)(C)C)cc5)ccc43)c2)cc2c1c1ccccc1n2-c1cc(C(C)(C)C)ccn1. The van der Waals surface area contributed by atoms with E-state index < -0.39 is 36.3 Å². The molecular weight excluding hydrogens is 927 g/mol. The molecule has 3 aromatic heterocycles. The number of fused-ring (bicyclic) bond motifs is 7. The number of hydrogen-bond acceptors (Lipinski definition) is 4. The Balaban J connectivity index is 1.08. The second kappa shape index (κ2) is 17.8. The van der Waals surface area contributed by atoms with Crippen LogP contribution in [-0.2, 0) is 21.7 Å². The highest BCUT2D eigenvalue weighted by atomic mass is 16.5. The third-order valence-corrected chi connectivity index (χ3v) is 15.1. The molecule has 6 heteroatoms. The molecule has 380 valence electrons. The van der Waals surface area contributed by atoms with Gasteiger partial charge in [0.25, 0.3) is 0 Å². The summed E-state index contributed by atoms with van der Waals surface area (Å²) < 4.78 is 84.0. The third kappa shape index (κ3) is 8.58. The Labute approximate surface area is 460 Å². The highest BCUT2D eigenvalue weighted by molar-refractivity contribution is 6.16. The summed E-state index contributed by atoms with van der Waals surface area (Å²) in [5.74, 6) is 1.51. The summed E-state index contributed by atoms with van der Waals surface area (Å²) in [5.41, 5.74) is 12.6. The van der Waals surface area contributed by atoms with Crippen LogP contribution in [0.5, 0.6) is 11.5 Å². The summed E-state index contributed by atoms with van der Waals surface area (Å²) in [6, 6.07) is 42.8. The second-order valence-corrected chi connectivity index (χ2v) is 24.5. The lowest BCUT2D eigenvalue weighted by Crippen LogP contribution is -2.25. The summed E-state index contributed by atoms with van der Waals surface area (Å²) in [6.07, 6.45) is 1.80. The predicted molar refractivity (Wildman–Crippen MR) is 322 cm³/mol. The van der Waals surface area contributed by atoms with Crippen LogP contribution < -0.4 is 14.5 Å². The smallest absolute Gasteiger partial charge is 0.137 e. The van der Waals surface area contributed by atoms with E-state index in [-0.39, 0.29) is 55.6 Å². The van der Waals surface area contributed by atoms with Gasteiger partial charge in [-0.3, -0.25) is 4.57 Å². The molecular formula is C70H69N5O. The minimum atomic E-state index is -0.509. The number of ether oxygens (including phenoxy) is 1. The molecule has 0 spiro atoms. The number of hydrogen-bond donors (Lipinski definition) is 0. The van der Waals surface area contributed by atoms with Crippen molar-refractivity contribution in [2.75, 3.05) is 16.5 Å². The van der Waals surface area contributed by atoms with Crippen LogP contribution in [-0.4, -0.2) is 20.8 Å². The van der Waals surface area contributed by atoms with Gasteiger partial charge in [-0.15, -0.1) is 0 Å². The molecule has 0 saturated heterocycles. The zero-order valence-corrected chi connectivity index (χ0v) is 45.6. The van der Waals surface area contributed by atoms with E-state index in [4.69, 9.17) is 15.2 Å². The molecule has 1 aliphatic rings. The number of rotatable bonds is 7. The van der Waals surface area contributed by atoms with Crippen LogP contribution in [0.1, 0.15) is 116 Å². The van der Waals surface area contributed by atoms with Crippen LogP contribution in [0.25, 0.3) is 66.2 Å². The van der Waals surface area contributed by atoms with Crippen LogP contribution in [0.15, 0.2) is 188 Å². The van der Waals surface area contributed by atoms with Crippen molar-refractivity contribution in [3.05, 3.63) is 210 Å². The van der Waals surface area contributed by atoms with Gasteiger partial charge in [-0.25, -0.2) is 4.98 Å². The maximum atomic E-state index is 9.53. The first-order chi connectivity index (χ1) is 39.5. The molecule has 0 fully saturated rings. The standard InChI is InChI=1S/C70H69N5O/c1-67(2,3)47-31-28-45(29-32-47)46-30-33-61-62(36-46)73(52-38-49(69(7,8)9)37-50(39-52)70(10,11)12)44-72(61)51-20-19-21-53(41-51)76-54-42-63(74-58-25-16-13-22-55(58)56-23-14-17-26-59(56)74)66-57-24-15-18-27-60(57)75(64(66)43-54)65-40-48(34-35-71-65)68(4,5)6/h13-43H,44H2,1-12H3/i13D,14D,16D,17D,22D,23D,25D,26D. The lowest BCUT2D eigenvalue weighted by Gasteiger charge is -2.29. The molecule has 76 heavy (non-hydrogen) atoms. The average molecular weight is 1000 g/mol. The van der Waals surface area contributed by atoms with Crippen LogP contribution in [0.3, 0.4) is 0 Å². The van der Waals surface area contributed by atoms with Crippen LogP contribution >= 0.6 is 0 Å². The Morgan fingerprint density at radius 3 is 1.70 bits per heavy atom. The van der Waals surface area contributed by atoms with Crippen LogP contribution in [0.4, 0.5) is 22.7 Å². The molecule has 12 rings (SSSR count). The Kier molecular flexibility index (Phi) is 9.41. The highest BCUT2D eigenvalue weighted by Gasteiger charge is 2.32. The molecule has 0 amide bonds. The van der Waals surface area contributed by atoms with E-state index in [0.717, 1.165) is 50.3 Å². The van der Waals surface area contributed by atoms with Crippen molar-refractivity contribution >= 4 is 66.4 Å². The van der Waals surface area contributed by atoms with Gasteiger partial charge in [-0.1, -0.05) is 180 Å². The van der Waals surface area contributed by atoms with E-state index in [1.807, 2.05) is 60.7 Å². The molecule has 0 unspecified atom stereocenters. The molecule has 0 atom stereocenters. The second-order valence-electron chi connectivity index (χ2n) is 24.5. The molecule has 11 aromatic rings. The number of benzene rings is 8. The summed E-state index contributed by atoms with van der Waals surface area (Å²) in [6.45, 7) is 27.2. The molecule has 0 saturated carbocycles. The van der Waals surface area contributed by atoms with Crippen molar-refractivity contribution in [1.82, 2.24) is 14.1 Å². The first-order valence-electron chi connectivity index (χ1n) is 30.3. The van der Waals surface area contributed by atoms with Gasteiger partial charge in [0.05, 0.1) is 50.1 Å². The van der Waals surface area contributed by atoms with Crippen molar-refractivity contribution in [2.24, 2.45) is 0 Å². The van der Waals surface area contributed by atoms with Gasteiger partial charge < -0.3 is 19.1 Å². The number of anilines is 4. The maximum absolute atomic E-state index is 9.53. The quantitative estimate of drug-likeness (QED) is 0.159. The van der Waals surface area contributed by atoms with Gasteiger partial charge in [0, 0.05) is 57.3 Å². The average Bonchev–Trinajstić information content (AvgIpc) is 1.61. The van der Waals surface area contributed by atoms with E-state index >= 15 is 0 Å². The zero-order chi connectivity index (χ0) is 60.0. The Bertz CT molecular complexity index is 4420. The Morgan fingerprint density at radius 2 is 1.04 bits per heavy atom. The van der Waals surface area contributed by atoms with Crippen molar-refractivity contribution in [3.8, 4) is 34.1 Å². The van der Waals surface area contributed by atoms with Crippen molar-refractivity contribution < 1.29 is 15.7 Å². The lowest BCUT2D eigenvalue weighted by atomic mass is 9.80. The highest BCUT2D eigenvalue weighted by Crippen LogP contribution is 2.49. The van der Waals surface area contributed by atoms with Crippen LogP contribution in [0.2, 0.25) is 0 Å². The molecule has 1 aliphatic heterocycles. The normalized spacial score (nSPS) is 14.9. The minimum Gasteiger partial charge on any atom is -0.457 e. The van der Waals surface area contributed by atoms with Crippen molar-refractivity contribution in [1.29, 1.82) is 0 Å². The summed E-state index contributed by atoms with van der Waals surface area (Å²) in [5, 5.41) is 1.41. The molecule has 0 aliphatic carbocycles. The molecule has 8 aromatic carbocycles. The number of pyridine rings is 1. The molecule has 0 N–H and O–H groups in total. The van der Waals surface area contributed by atoms with E-state index in [2.05, 4.69) is 170 Å². The lowest BCUT2D eigenvalue weighted by molar-refractivity contribution is 0.483.